The molecule has 2 rings (SSSR count). The molecule has 110 valence electrons. The summed E-state index contributed by atoms with van der Waals surface area (Å²) in [5.41, 5.74) is 5.19. The Hall–Kier alpha value is -0.610. The molecule has 2 unspecified atom stereocenters. The molecule has 0 heterocycles. The maximum absolute atomic E-state index is 11.8. The molecular formula is C15H29N3O. The van der Waals surface area contributed by atoms with E-state index in [4.69, 9.17) is 5.73 Å². The van der Waals surface area contributed by atoms with Crippen LogP contribution in [-0.2, 0) is 4.79 Å². The molecule has 0 radical (unpaired) electrons. The highest BCUT2D eigenvalue weighted by atomic mass is 16.1. The minimum atomic E-state index is -0.452. The van der Waals surface area contributed by atoms with Gasteiger partial charge in [-0.25, -0.2) is 0 Å². The number of carbonyl (C=O) groups is 1. The van der Waals surface area contributed by atoms with Crippen molar-refractivity contribution in [1.82, 2.24) is 10.2 Å². The highest BCUT2D eigenvalue weighted by Gasteiger charge is 2.45. The Morgan fingerprint density at radius 3 is 2.58 bits per heavy atom. The van der Waals surface area contributed by atoms with Crippen molar-refractivity contribution < 1.29 is 4.79 Å². The predicted molar refractivity (Wildman–Crippen MR) is 77.8 cm³/mol. The largest absolute Gasteiger partial charge is 0.368 e. The molecule has 0 spiro atoms. The Morgan fingerprint density at radius 2 is 2.11 bits per heavy atom. The smallest absolute Gasteiger partial charge is 0.237 e. The Balaban J connectivity index is 1.95. The van der Waals surface area contributed by atoms with E-state index in [2.05, 4.69) is 17.1 Å². The van der Waals surface area contributed by atoms with Gasteiger partial charge in [0.15, 0.2) is 0 Å². The van der Waals surface area contributed by atoms with Crippen molar-refractivity contribution in [1.29, 1.82) is 0 Å². The lowest BCUT2D eigenvalue weighted by Crippen LogP contribution is -2.54. The zero-order chi connectivity index (χ0) is 13.9. The van der Waals surface area contributed by atoms with Gasteiger partial charge in [0.2, 0.25) is 5.91 Å². The van der Waals surface area contributed by atoms with Crippen molar-refractivity contribution in [3.8, 4) is 0 Å². The number of amides is 1. The number of nitrogens with zero attached hydrogens (tertiary/aromatic N) is 1. The van der Waals surface area contributed by atoms with Crippen LogP contribution in [0.25, 0.3) is 0 Å². The van der Waals surface area contributed by atoms with Crippen LogP contribution in [0.2, 0.25) is 0 Å². The van der Waals surface area contributed by atoms with E-state index in [1.165, 1.54) is 25.8 Å². The van der Waals surface area contributed by atoms with Crippen molar-refractivity contribution in [2.24, 2.45) is 11.7 Å². The topological polar surface area (TPSA) is 58.4 Å². The third-order valence-electron chi connectivity index (χ3n) is 5.12. The summed E-state index contributed by atoms with van der Waals surface area (Å²) in [4.78, 5) is 14.4. The minimum absolute atomic E-state index is 0.170. The number of likely N-dealkylation sites (N-methyl/N-ethyl adjacent to an activating group) is 1. The third-order valence-corrected chi connectivity index (χ3v) is 5.12. The van der Waals surface area contributed by atoms with Gasteiger partial charge in [0.05, 0.1) is 5.54 Å². The Labute approximate surface area is 117 Å². The van der Waals surface area contributed by atoms with Crippen molar-refractivity contribution >= 4 is 5.91 Å². The highest BCUT2D eigenvalue weighted by Crippen LogP contribution is 2.35. The SMILES string of the molecule is CCNC1(C(N)=O)CCC(N(CC)CC2CCC2)C1. The zero-order valence-electron chi connectivity index (χ0n) is 12.5. The van der Waals surface area contributed by atoms with Crippen LogP contribution in [0.5, 0.6) is 0 Å². The number of rotatable bonds is 7. The Kier molecular flexibility index (Phi) is 4.85. The van der Waals surface area contributed by atoms with E-state index in [9.17, 15) is 4.79 Å². The van der Waals surface area contributed by atoms with E-state index >= 15 is 0 Å². The van der Waals surface area contributed by atoms with Crippen molar-refractivity contribution in [2.45, 2.75) is 64.0 Å². The number of hydrogen-bond acceptors (Lipinski definition) is 3. The molecule has 2 aliphatic rings. The monoisotopic (exact) mass is 267 g/mol. The van der Waals surface area contributed by atoms with E-state index < -0.39 is 5.54 Å². The van der Waals surface area contributed by atoms with Gasteiger partial charge in [-0.3, -0.25) is 4.79 Å². The van der Waals surface area contributed by atoms with Crippen LogP contribution >= 0.6 is 0 Å². The molecule has 2 aliphatic carbocycles. The maximum atomic E-state index is 11.8. The fourth-order valence-corrected chi connectivity index (χ4v) is 3.68. The number of nitrogens with one attached hydrogen (secondary N) is 1. The maximum Gasteiger partial charge on any atom is 0.237 e. The molecule has 4 heteroatoms. The first-order valence-corrected chi connectivity index (χ1v) is 7.90. The van der Waals surface area contributed by atoms with Gasteiger partial charge in [-0.05, 0) is 51.1 Å². The average Bonchev–Trinajstić information content (AvgIpc) is 2.74. The van der Waals surface area contributed by atoms with Gasteiger partial charge in [-0.15, -0.1) is 0 Å². The molecule has 19 heavy (non-hydrogen) atoms. The van der Waals surface area contributed by atoms with Crippen LogP contribution in [0.3, 0.4) is 0 Å². The lowest BCUT2D eigenvalue weighted by atomic mass is 9.84. The van der Waals surface area contributed by atoms with Crippen LogP contribution in [0.1, 0.15) is 52.4 Å². The summed E-state index contributed by atoms with van der Waals surface area (Å²) in [6, 6.07) is 0.525. The molecule has 0 aromatic heterocycles. The average molecular weight is 267 g/mol. The van der Waals surface area contributed by atoms with Crippen LogP contribution in [0, 0.1) is 5.92 Å². The van der Waals surface area contributed by atoms with Crippen molar-refractivity contribution in [2.75, 3.05) is 19.6 Å². The zero-order valence-corrected chi connectivity index (χ0v) is 12.5. The second-order valence-electron chi connectivity index (χ2n) is 6.26. The highest BCUT2D eigenvalue weighted by molar-refractivity contribution is 5.85. The van der Waals surface area contributed by atoms with E-state index in [1.807, 2.05) is 6.92 Å². The third kappa shape index (κ3) is 3.11. The van der Waals surface area contributed by atoms with Gasteiger partial charge >= 0.3 is 0 Å². The van der Waals surface area contributed by atoms with Crippen molar-refractivity contribution in [3.63, 3.8) is 0 Å². The molecule has 0 aliphatic heterocycles. The van der Waals surface area contributed by atoms with Crippen LogP contribution in [0.4, 0.5) is 0 Å². The molecule has 0 saturated heterocycles. The fraction of sp³-hybridized carbons (Fsp3) is 0.933. The van der Waals surface area contributed by atoms with E-state index in [1.54, 1.807) is 0 Å². The molecule has 4 nitrogen and oxygen atoms in total. The van der Waals surface area contributed by atoms with Gasteiger partial charge in [0.1, 0.15) is 0 Å². The molecular weight excluding hydrogens is 238 g/mol. The fourth-order valence-electron chi connectivity index (χ4n) is 3.68. The van der Waals surface area contributed by atoms with E-state index in [0.29, 0.717) is 6.04 Å². The van der Waals surface area contributed by atoms with E-state index in [0.717, 1.165) is 38.3 Å². The first-order chi connectivity index (χ1) is 9.11. The van der Waals surface area contributed by atoms with Gasteiger partial charge < -0.3 is 16.0 Å². The van der Waals surface area contributed by atoms with Gasteiger partial charge in [0.25, 0.3) is 0 Å². The lowest BCUT2D eigenvalue weighted by molar-refractivity contribution is -0.124. The van der Waals surface area contributed by atoms with Crippen LogP contribution in [-0.4, -0.2) is 42.0 Å². The molecule has 0 aromatic carbocycles. The minimum Gasteiger partial charge on any atom is -0.368 e. The standard InChI is InChI=1S/C15H29N3O/c1-3-17-15(14(16)19)9-8-13(10-15)18(4-2)11-12-6-5-7-12/h12-13,17H,3-11H2,1-2H3,(H2,16,19). The first kappa shape index (κ1) is 14.8. The molecule has 0 bridgehead atoms. The summed E-state index contributed by atoms with van der Waals surface area (Å²) in [6.45, 7) is 7.38. The molecule has 3 N–H and O–H groups in total. The number of primary amides is 1. The first-order valence-electron chi connectivity index (χ1n) is 7.90. The molecule has 2 saturated carbocycles. The van der Waals surface area contributed by atoms with E-state index in [-0.39, 0.29) is 5.91 Å². The summed E-state index contributed by atoms with van der Waals surface area (Å²) >= 11 is 0. The second-order valence-corrected chi connectivity index (χ2v) is 6.26. The molecule has 2 atom stereocenters. The lowest BCUT2D eigenvalue weighted by Gasteiger charge is -2.36. The summed E-state index contributed by atoms with van der Waals surface area (Å²) in [5, 5.41) is 3.35. The molecule has 2 fully saturated rings. The number of nitrogens with two attached hydrogens (primary N) is 1. The second kappa shape index (κ2) is 6.23. The van der Waals surface area contributed by atoms with Crippen LogP contribution < -0.4 is 11.1 Å². The normalized spacial score (nSPS) is 31.6. The van der Waals surface area contributed by atoms with Gasteiger partial charge in [-0.1, -0.05) is 20.3 Å². The summed E-state index contributed by atoms with van der Waals surface area (Å²) < 4.78 is 0. The predicted octanol–water partition coefficient (Wildman–Crippen LogP) is 1.49. The Morgan fingerprint density at radius 1 is 1.37 bits per heavy atom. The quantitative estimate of drug-likeness (QED) is 0.735. The van der Waals surface area contributed by atoms with Crippen molar-refractivity contribution in [3.05, 3.63) is 0 Å². The van der Waals surface area contributed by atoms with Crippen LogP contribution in [0.15, 0.2) is 0 Å². The molecule has 1 amide bonds. The summed E-state index contributed by atoms with van der Waals surface area (Å²) in [7, 11) is 0. The van der Waals surface area contributed by atoms with Gasteiger partial charge in [-0.2, -0.15) is 0 Å². The summed E-state index contributed by atoms with van der Waals surface area (Å²) in [5.74, 6) is 0.721. The van der Waals surface area contributed by atoms with Gasteiger partial charge in [0, 0.05) is 12.6 Å². The summed E-state index contributed by atoms with van der Waals surface area (Å²) in [6.07, 6.45) is 7.04. The molecule has 0 aromatic rings. The Bertz CT molecular complexity index is 317. The number of hydrogen-bond donors (Lipinski definition) is 2. The number of carbonyl (C=O) groups excluding carboxylic acids is 1.